The van der Waals surface area contributed by atoms with Crippen LogP contribution in [0.15, 0.2) is 28.7 Å². The molecule has 0 spiro atoms. The maximum atomic E-state index is 11.6. The Morgan fingerprint density at radius 1 is 1.29 bits per heavy atom. The van der Waals surface area contributed by atoms with Gasteiger partial charge in [-0.1, -0.05) is 15.9 Å². The molecule has 0 N–H and O–H groups in total. The first-order valence-electron chi connectivity index (χ1n) is 4.41. The summed E-state index contributed by atoms with van der Waals surface area (Å²) >= 11 is 5.08. The molecule has 0 unspecified atom stereocenters. The molecule has 0 aromatic heterocycles. The van der Waals surface area contributed by atoms with Gasteiger partial charge < -0.3 is 4.90 Å². The lowest BCUT2D eigenvalue weighted by atomic mass is 10.3. The Hall–Kier alpha value is -0.480. The van der Waals surface area contributed by atoms with Crippen LogP contribution in [0.4, 0.5) is 5.69 Å². The second-order valence-electron chi connectivity index (χ2n) is 3.07. The zero-order chi connectivity index (χ0) is 9.97. The Bertz CT molecular complexity index is 338. The highest BCUT2D eigenvalue weighted by Crippen LogP contribution is 2.22. The number of rotatable bonds is 1. The van der Waals surface area contributed by atoms with E-state index in [4.69, 9.17) is 0 Å². The molecule has 2 rings (SSSR count). The molecule has 0 atom stereocenters. The molecule has 1 saturated heterocycles. The van der Waals surface area contributed by atoms with Gasteiger partial charge in [-0.3, -0.25) is 4.79 Å². The molecule has 0 bridgehead atoms. The van der Waals surface area contributed by atoms with Gasteiger partial charge in [0.25, 0.3) is 0 Å². The van der Waals surface area contributed by atoms with E-state index in [1.54, 1.807) is 11.8 Å². The van der Waals surface area contributed by atoms with E-state index < -0.39 is 0 Å². The first kappa shape index (κ1) is 10.1. The van der Waals surface area contributed by atoms with Crippen molar-refractivity contribution in [1.82, 2.24) is 0 Å². The summed E-state index contributed by atoms with van der Waals surface area (Å²) in [5.41, 5.74) is 0.999. The maximum Gasteiger partial charge on any atom is 0.237 e. The van der Waals surface area contributed by atoms with Crippen molar-refractivity contribution in [2.75, 3.05) is 23.0 Å². The third-order valence-electron chi connectivity index (χ3n) is 2.12. The fraction of sp³-hybridized carbons (Fsp3) is 0.300. The quantitative estimate of drug-likeness (QED) is 0.783. The number of hydrogen-bond acceptors (Lipinski definition) is 2. The van der Waals surface area contributed by atoms with Crippen LogP contribution in [0.3, 0.4) is 0 Å². The first-order chi connectivity index (χ1) is 6.77. The molecule has 1 aliphatic rings. The molecular formula is C10H10BrNOS. The Labute approximate surface area is 95.8 Å². The molecule has 4 heteroatoms. The lowest BCUT2D eigenvalue weighted by Gasteiger charge is -2.26. The molecule has 74 valence electrons. The molecule has 0 saturated carbocycles. The maximum absolute atomic E-state index is 11.6. The van der Waals surface area contributed by atoms with Crippen molar-refractivity contribution < 1.29 is 4.79 Å². The normalized spacial score (nSPS) is 17.2. The van der Waals surface area contributed by atoms with Crippen molar-refractivity contribution in [1.29, 1.82) is 0 Å². The predicted octanol–water partition coefficient (Wildman–Crippen LogP) is 2.53. The van der Waals surface area contributed by atoms with Gasteiger partial charge in [0.2, 0.25) is 5.91 Å². The highest BCUT2D eigenvalue weighted by molar-refractivity contribution is 9.10. The van der Waals surface area contributed by atoms with Gasteiger partial charge in [-0.05, 0) is 24.3 Å². The number of benzene rings is 1. The van der Waals surface area contributed by atoms with E-state index in [0.717, 1.165) is 22.5 Å². The van der Waals surface area contributed by atoms with E-state index in [-0.39, 0.29) is 5.91 Å². The Morgan fingerprint density at radius 3 is 2.64 bits per heavy atom. The summed E-state index contributed by atoms with van der Waals surface area (Å²) in [5, 5.41) is 0. The molecule has 1 aliphatic heterocycles. The summed E-state index contributed by atoms with van der Waals surface area (Å²) in [6.07, 6.45) is 0. The van der Waals surface area contributed by atoms with Crippen molar-refractivity contribution in [2.45, 2.75) is 0 Å². The summed E-state index contributed by atoms with van der Waals surface area (Å²) < 4.78 is 1.04. The van der Waals surface area contributed by atoms with Crippen LogP contribution in [0.1, 0.15) is 0 Å². The van der Waals surface area contributed by atoms with Crippen molar-refractivity contribution in [3.63, 3.8) is 0 Å². The van der Waals surface area contributed by atoms with Gasteiger partial charge in [-0.2, -0.15) is 11.8 Å². The molecule has 1 fully saturated rings. The monoisotopic (exact) mass is 271 g/mol. The molecule has 1 aromatic rings. The molecular weight excluding hydrogens is 262 g/mol. The zero-order valence-electron chi connectivity index (χ0n) is 7.57. The summed E-state index contributed by atoms with van der Waals surface area (Å²) in [5.74, 6) is 1.85. The number of hydrogen-bond donors (Lipinski definition) is 0. The van der Waals surface area contributed by atoms with E-state index in [1.807, 2.05) is 29.2 Å². The van der Waals surface area contributed by atoms with Crippen molar-refractivity contribution >= 4 is 39.3 Å². The van der Waals surface area contributed by atoms with E-state index >= 15 is 0 Å². The van der Waals surface area contributed by atoms with Gasteiger partial charge in [0, 0.05) is 22.5 Å². The van der Waals surface area contributed by atoms with Crippen LogP contribution < -0.4 is 4.90 Å². The molecule has 1 amide bonds. The number of thioether (sulfide) groups is 1. The number of nitrogens with zero attached hydrogens (tertiary/aromatic N) is 1. The molecule has 14 heavy (non-hydrogen) atoms. The second-order valence-corrected chi connectivity index (χ2v) is 5.10. The molecule has 0 radical (unpaired) electrons. The lowest BCUT2D eigenvalue weighted by Crippen LogP contribution is -2.38. The number of halogens is 1. The van der Waals surface area contributed by atoms with E-state index in [0.29, 0.717) is 5.75 Å². The van der Waals surface area contributed by atoms with Gasteiger partial charge in [-0.15, -0.1) is 0 Å². The minimum Gasteiger partial charge on any atom is -0.311 e. The summed E-state index contributed by atoms with van der Waals surface area (Å²) in [6, 6.07) is 7.87. The van der Waals surface area contributed by atoms with Crippen molar-refractivity contribution in [3.8, 4) is 0 Å². The third-order valence-corrected chi connectivity index (χ3v) is 3.58. The molecule has 0 aliphatic carbocycles. The van der Waals surface area contributed by atoms with Crippen LogP contribution >= 0.6 is 27.7 Å². The fourth-order valence-corrected chi connectivity index (χ4v) is 2.46. The number of anilines is 1. The van der Waals surface area contributed by atoms with Crippen LogP contribution in [0.25, 0.3) is 0 Å². The smallest absolute Gasteiger partial charge is 0.237 e. The number of carbonyl (C=O) groups excluding carboxylic acids is 1. The lowest BCUT2D eigenvalue weighted by molar-refractivity contribution is -0.116. The average molecular weight is 272 g/mol. The topological polar surface area (TPSA) is 20.3 Å². The standard InChI is InChI=1S/C10H10BrNOS/c11-8-1-3-9(4-2-8)12-5-6-14-7-10(12)13/h1-4H,5-7H2. The van der Waals surface area contributed by atoms with Crippen LogP contribution in [-0.4, -0.2) is 24.0 Å². The Kier molecular flexibility index (Phi) is 3.13. The Balaban J connectivity index is 2.20. The van der Waals surface area contributed by atoms with Crippen LogP contribution in [0.5, 0.6) is 0 Å². The second kappa shape index (κ2) is 4.36. The summed E-state index contributed by atoms with van der Waals surface area (Å²) in [6.45, 7) is 0.825. The van der Waals surface area contributed by atoms with Gasteiger partial charge >= 0.3 is 0 Å². The summed E-state index contributed by atoms with van der Waals surface area (Å²) in [4.78, 5) is 13.4. The zero-order valence-corrected chi connectivity index (χ0v) is 9.97. The van der Waals surface area contributed by atoms with Gasteiger partial charge in [0.1, 0.15) is 0 Å². The minimum atomic E-state index is 0.212. The van der Waals surface area contributed by atoms with E-state index in [9.17, 15) is 4.79 Å². The van der Waals surface area contributed by atoms with E-state index in [2.05, 4.69) is 15.9 Å². The highest BCUT2D eigenvalue weighted by Gasteiger charge is 2.19. The van der Waals surface area contributed by atoms with Crippen LogP contribution in [0, 0.1) is 0 Å². The third kappa shape index (κ3) is 2.12. The van der Waals surface area contributed by atoms with Gasteiger partial charge in [0.05, 0.1) is 5.75 Å². The van der Waals surface area contributed by atoms with Crippen molar-refractivity contribution in [2.24, 2.45) is 0 Å². The molecule has 1 aromatic carbocycles. The molecule has 1 heterocycles. The van der Waals surface area contributed by atoms with Gasteiger partial charge in [-0.25, -0.2) is 0 Å². The fourth-order valence-electron chi connectivity index (χ4n) is 1.41. The van der Waals surface area contributed by atoms with E-state index in [1.165, 1.54) is 0 Å². The predicted molar refractivity (Wildman–Crippen MR) is 63.8 cm³/mol. The largest absolute Gasteiger partial charge is 0.311 e. The van der Waals surface area contributed by atoms with Crippen molar-refractivity contribution in [3.05, 3.63) is 28.7 Å². The minimum absolute atomic E-state index is 0.212. The molecule has 2 nitrogen and oxygen atoms in total. The van der Waals surface area contributed by atoms with Gasteiger partial charge in [0.15, 0.2) is 0 Å². The SMILES string of the molecule is O=C1CSCCN1c1ccc(Br)cc1. The number of carbonyl (C=O) groups is 1. The summed E-state index contributed by atoms with van der Waals surface area (Å²) in [7, 11) is 0. The van der Waals surface area contributed by atoms with Crippen LogP contribution in [0.2, 0.25) is 0 Å². The first-order valence-corrected chi connectivity index (χ1v) is 6.36. The highest BCUT2D eigenvalue weighted by atomic mass is 79.9. The average Bonchev–Trinajstić information content (AvgIpc) is 2.20. The number of amides is 1. The Morgan fingerprint density at radius 2 is 2.00 bits per heavy atom. The van der Waals surface area contributed by atoms with Crippen LogP contribution in [-0.2, 0) is 4.79 Å².